The van der Waals surface area contributed by atoms with Gasteiger partial charge in [-0.3, -0.25) is 4.79 Å². The Kier molecular flexibility index (Phi) is 4.23. The molecule has 0 heterocycles. The predicted molar refractivity (Wildman–Crippen MR) is 86.0 cm³/mol. The van der Waals surface area contributed by atoms with E-state index in [1.807, 2.05) is 37.3 Å². The standard InChI is InChI=1S/C19H22O2/c1-2-21-17-13-12-14-8-6-7-11-16(14)18(17)19(20)15-9-4-3-5-10-15/h6-8,11-13,15H,2-5,9-10H2,1H3. The second-order valence-corrected chi connectivity index (χ2v) is 5.79. The summed E-state index contributed by atoms with van der Waals surface area (Å²) in [7, 11) is 0. The Bertz CT molecular complexity index is 639. The molecule has 1 fully saturated rings. The van der Waals surface area contributed by atoms with Crippen molar-refractivity contribution in [2.75, 3.05) is 6.61 Å². The van der Waals surface area contributed by atoms with Crippen molar-refractivity contribution < 1.29 is 9.53 Å². The lowest BCUT2D eigenvalue weighted by Crippen LogP contribution is -2.19. The van der Waals surface area contributed by atoms with E-state index in [4.69, 9.17) is 4.74 Å². The highest BCUT2D eigenvalue weighted by atomic mass is 16.5. The first-order valence-electron chi connectivity index (χ1n) is 8.00. The van der Waals surface area contributed by atoms with Gasteiger partial charge < -0.3 is 4.74 Å². The summed E-state index contributed by atoms with van der Waals surface area (Å²) in [5.74, 6) is 1.19. The number of benzene rings is 2. The van der Waals surface area contributed by atoms with Crippen LogP contribution in [0.1, 0.15) is 49.4 Å². The van der Waals surface area contributed by atoms with E-state index in [9.17, 15) is 4.79 Å². The number of carbonyl (C=O) groups excluding carboxylic acids is 1. The van der Waals surface area contributed by atoms with Crippen LogP contribution in [0.2, 0.25) is 0 Å². The first-order valence-corrected chi connectivity index (χ1v) is 8.00. The van der Waals surface area contributed by atoms with Gasteiger partial charge in [-0.15, -0.1) is 0 Å². The van der Waals surface area contributed by atoms with Gasteiger partial charge in [-0.2, -0.15) is 0 Å². The lowest BCUT2D eigenvalue weighted by molar-refractivity contribution is 0.0887. The van der Waals surface area contributed by atoms with Crippen LogP contribution >= 0.6 is 0 Å². The minimum Gasteiger partial charge on any atom is -0.493 e. The van der Waals surface area contributed by atoms with Crippen LogP contribution in [0.3, 0.4) is 0 Å². The lowest BCUT2D eigenvalue weighted by atomic mass is 9.82. The van der Waals surface area contributed by atoms with Gasteiger partial charge in [0.1, 0.15) is 5.75 Å². The van der Waals surface area contributed by atoms with Crippen LogP contribution in [0.25, 0.3) is 10.8 Å². The summed E-state index contributed by atoms with van der Waals surface area (Å²) in [5.41, 5.74) is 0.793. The molecule has 0 spiro atoms. The van der Waals surface area contributed by atoms with E-state index in [-0.39, 0.29) is 11.7 Å². The van der Waals surface area contributed by atoms with Gasteiger partial charge in [0.15, 0.2) is 5.78 Å². The minimum absolute atomic E-state index is 0.170. The second-order valence-electron chi connectivity index (χ2n) is 5.79. The highest BCUT2D eigenvalue weighted by molar-refractivity contribution is 6.11. The Morgan fingerprint density at radius 2 is 1.86 bits per heavy atom. The minimum atomic E-state index is 0.170. The van der Waals surface area contributed by atoms with Crippen molar-refractivity contribution in [2.45, 2.75) is 39.0 Å². The average molecular weight is 282 g/mol. The van der Waals surface area contributed by atoms with Gasteiger partial charge in [-0.1, -0.05) is 49.6 Å². The second kappa shape index (κ2) is 6.30. The summed E-state index contributed by atoms with van der Waals surface area (Å²) in [6, 6.07) is 12.1. The van der Waals surface area contributed by atoms with Crippen molar-refractivity contribution in [3.63, 3.8) is 0 Å². The SMILES string of the molecule is CCOc1ccc2ccccc2c1C(=O)C1CCCCC1. The molecule has 0 atom stereocenters. The molecule has 2 nitrogen and oxygen atoms in total. The molecule has 0 aromatic heterocycles. The number of Topliss-reactive ketones (excluding diaryl/α,β-unsaturated/α-hetero) is 1. The van der Waals surface area contributed by atoms with Gasteiger partial charge in [0.2, 0.25) is 0 Å². The quantitative estimate of drug-likeness (QED) is 0.737. The third-order valence-electron chi connectivity index (χ3n) is 4.41. The predicted octanol–water partition coefficient (Wildman–Crippen LogP) is 5.00. The fourth-order valence-electron chi connectivity index (χ4n) is 3.35. The maximum absolute atomic E-state index is 13.0. The van der Waals surface area contributed by atoms with Crippen molar-refractivity contribution in [3.8, 4) is 5.75 Å². The first-order chi connectivity index (χ1) is 10.3. The van der Waals surface area contributed by atoms with Crippen LogP contribution < -0.4 is 4.74 Å². The molecule has 0 bridgehead atoms. The Morgan fingerprint density at radius 1 is 1.10 bits per heavy atom. The van der Waals surface area contributed by atoms with Gasteiger partial charge in [0, 0.05) is 5.92 Å². The van der Waals surface area contributed by atoms with Gasteiger partial charge in [0.25, 0.3) is 0 Å². The summed E-state index contributed by atoms with van der Waals surface area (Å²) < 4.78 is 5.74. The van der Waals surface area contributed by atoms with Crippen molar-refractivity contribution in [1.29, 1.82) is 0 Å². The molecular formula is C19H22O2. The molecule has 0 amide bonds. The smallest absolute Gasteiger partial charge is 0.170 e. The molecule has 21 heavy (non-hydrogen) atoms. The summed E-state index contributed by atoms with van der Waals surface area (Å²) in [6.45, 7) is 2.55. The maximum atomic E-state index is 13.0. The maximum Gasteiger partial charge on any atom is 0.170 e. The Balaban J connectivity index is 2.08. The molecular weight excluding hydrogens is 260 g/mol. The molecule has 3 rings (SSSR count). The van der Waals surface area contributed by atoms with E-state index in [1.54, 1.807) is 0 Å². The van der Waals surface area contributed by atoms with Crippen molar-refractivity contribution in [3.05, 3.63) is 42.0 Å². The van der Waals surface area contributed by atoms with E-state index >= 15 is 0 Å². The lowest BCUT2D eigenvalue weighted by Gasteiger charge is -2.22. The van der Waals surface area contributed by atoms with E-state index < -0.39 is 0 Å². The van der Waals surface area contributed by atoms with E-state index in [0.717, 1.165) is 34.9 Å². The fourth-order valence-corrected chi connectivity index (χ4v) is 3.35. The van der Waals surface area contributed by atoms with E-state index in [1.165, 1.54) is 19.3 Å². The van der Waals surface area contributed by atoms with Crippen LogP contribution in [0.5, 0.6) is 5.75 Å². The van der Waals surface area contributed by atoms with Crippen LogP contribution in [-0.4, -0.2) is 12.4 Å². The van der Waals surface area contributed by atoms with Gasteiger partial charge in [-0.25, -0.2) is 0 Å². The summed E-state index contributed by atoms with van der Waals surface area (Å²) in [6.07, 6.45) is 5.65. The summed E-state index contributed by atoms with van der Waals surface area (Å²) >= 11 is 0. The number of ether oxygens (including phenoxy) is 1. The molecule has 2 aromatic rings. The fraction of sp³-hybridized carbons (Fsp3) is 0.421. The van der Waals surface area contributed by atoms with Crippen molar-refractivity contribution >= 4 is 16.6 Å². The van der Waals surface area contributed by atoms with Gasteiger partial charge in [-0.05, 0) is 36.6 Å². The topological polar surface area (TPSA) is 26.3 Å². The number of carbonyl (C=O) groups is 1. The molecule has 0 aliphatic heterocycles. The molecule has 2 aromatic carbocycles. The molecule has 2 heteroatoms. The van der Waals surface area contributed by atoms with E-state index in [2.05, 4.69) is 6.07 Å². The van der Waals surface area contributed by atoms with Crippen LogP contribution in [0.15, 0.2) is 36.4 Å². The Hall–Kier alpha value is -1.83. The normalized spacial score (nSPS) is 16.0. The Labute approximate surface area is 126 Å². The number of hydrogen-bond acceptors (Lipinski definition) is 2. The summed E-state index contributed by atoms with van der Waals surface area (Å²) in [5, 5.41) is 2.14. The highest BCUT2D eigenvalue weighted by Crippen LogP contribution is 2.34. The molecule has 0 radical (unpaired) electrons. The molecule has 0 N–H and O–H groups in total. The molecule has 0 unspecified atom stereocenters. The number of rotatable bonds is 4. The third kappa shape index (κ3) is 2.80. The van der Waals surface area contributed by atoms with Crippen LogP contribution in [-0.2, 0) is 0 Å². The average Bonchev–Trinajstić information content (AvgIpc) is 2.55. The van der Waals surface area contributed by atoms with Gasteiger partial charge in [0.05, 0.1) is 12.2 Å². The monoisotopic (exact) mass is 282 g/mol. The number of hydrogen-bond donors (Lipinski definition) is 0. The molecule has 1 aliphatic rings. The number of ketones is 1. The largest absolute Gasteiger partial charge is 0.493 e. The van der Waals surface area contributed by atoms with E-state index in [0.29, 0.717) is 6.61 Å². The first kappa shape index (κ1) is 14.1. The highest BCUT2D eigenvalue weighted by Gasteiger charge is 2.26. The third-order valence-corrected chi connectivity index (χ3v) is 4.41. The molecule has 0 saturated heterocycles. The molecule has 1 aliphatic carbocycles. The zero-order chi connectivity index (χ0) is 14.7. The number of fused-ring (bicyclic) bond motifs is 1. The van der Waals surface area contributed by atoms with Crippen LogP contribution in [0.4, 0.5) is 0 Å². The zero-order valence-electron chi connectivity index (χ0n) is 12.6. The molecule has 110 valence electrons. The zero-order valence-corrected chi connectivity index (χ0v) is 12.6. The Morgan fingerprint density at radius 3 is 2.62 bits per heavy atom. The van der Waals surface area contributed by atoms with Crippen LogP contribution in [0, 0.1) is 5.92 Å². The van der Waals surface area contributed by atoms with Crippen molar-refractivity contribution in [1.82, 2.24) is 0 Å². The van der Waals surface area contributed by atoms with Gasteiger partial charge >= 0.3 is 0 Å². The summed E-state index contributed by atoms with van der Waals surface area (Å²) in [4.78, 5) is 13.0. The molecule has 1 saturated carbocycles. The van der Waals surface area contributed by atoms with Crippen molar-refractivity contribution in [2.24, 2.45) is 5.92 Å².